The van der Waals surface area contributed by atoms with Crippen LogP contribution in [0.3, 0.4) is 0 Å². The van der Waals surface area contributed by atoms with Crippen molar-refractivity contribution in [2.24, 2.45) is 0 Å². The fourth-order valence-electron chi connectivity index (χ4n) is 5.67. The van der Waals surface area contributed by atoms with Gasteiger partial charge in [0.1, 0.15) is 5.82 Å². The number of halogens is 1. The van der Waals surface area contributed by atoms with Gasteiger partial charge >= 0.3 is 0 Å². The molecule has 2 unspecified atom stereocenters. The maximum absolute atomic E-state index is 13.3. The van der Waals surface area contributed by atoms with Crippen LogP contribution in [-0.4, -0.2) is 43.7 Å². The molecule has 0 radical (unpaired) electrons. The molecule has 5 rings (SSSR count). The van der Waals surface area contributed by atoms with Crippen LogP contribution in [0.4, 0.5) is 10.1 Å². The van der Waals surface area contributed by atoms with Crippen LogP contribution in [0, 0.1) is 5.82 Å². The lowest BCUT2D eigenvalue weighted by Gasteiger charge is -2.46. The Hall–Kier alpha value is -2.69. The summed E-state index contributed by atoms with van der Waals surface area (Å²) in [6, 6.07) is 27.3. The number of benzene rings is 3. The van der Waals surface area contributed by atoms with Crippen molar-refractivity contribution >= 4 is 5.69 Å². The monoisotopic (exact) mass is 429 g/mol. The predicted octanol–water partition coefficient (Wildman–Crippen LogP) is 4.82. The van der Waals surface area contributed by atoms with E-state index in [0.717, 1.165) is 51.4 Å². The molecular weight excluding hydrogens is 397 g/mol. The number of piperazine rings is 1. The van der Waals surface area contributed by atoms with E-state index in [1.54, 1.807) is 12.1 Å². The van der Waals surface area contributed by atoms with Gasteiger partial charge in [0.25, 0.3) is 0 Å². The van der Waals surface area contributed by atoms with Gasteiger partial charge in [-0.25, -0.2) is 4.39 Å². The normalized spacial score (nSPS) is 22.4. The van der Waals surface area contributed by atoms with Crippen molar-refractivity contribution in [3.63, 3.8) is 0 Å². The van der Waals surface area contributed by atoms with Crippen LogP contribution < -0.4 is 10.2 Å². The Kier molecular flexibility index (Phi) is 5.99. The molecule has 3 nitrogen and oxygen atoms in total. The van der Waals surface area contributed by atoms with Crippen LogP contribution in [0.25, 0.3) is 0 Å². The fourth-order valence-corrected chi connectivity index (χ4v) is 5.67. The van der Waals surface area contributed by atoms with Crippen molar-refractivity contribution in [1.29, 1.82) is 0 Å². The highest BCUT2D eigenvalue weighted by atomic mass is 19.1. The minimum absolute atomic E-state index is 0.0242. The quantitative estimate of drug-likeness (QED) is 0.628. The molecule has 1 fully saturated rings. The van der Waals surface area contributed by atoms with Gasteiger partial charge in [-0.05, 0) is 54.3 Å². The van der Waals surface area contributed by atoms with Gasteiger partial charge in [0.15, 0.2) is 0 Å². The number of hydrogen-bond acceptors (Lipinski definition) is 3. The third-order valence-electron chi connectivity index (χ3n) is 7.37. The zero-order valence-corrected chi connectivity index (χ0v) is 18.8. The predicted molar refractivity (Wildman–Crippen MR) is 130 cm³/mol. The summed E-state index contributed by atoms with van der Waals surface area (Å²) in [4.78, 5) is 5.00. The Morgan fingerprint density at radius 2 is 1.56 bits per heavy atom. The van der Waals surface area contributed by atoms with E-state index in [4.69, 9.17) is 0 Å². The van der Waals surface area contributed by atoms with Gasteiger partial charge in [-0.15, -0.1) is 0 Å². The zero-order valence-electron chi connectivity index (χ0n) is 18.8. The minimum Gasteiger partial charge on any atom is -0.369 e. The van der Waals surface area contributed by atoms with E-state index < -0.39 is 0 Å². The van der Waals surface area contributed by atoms with Gasteiger partial charge in [0, 0.05) is 56.4 Å². The Labute approximate surface area is 190 Å². The lowest BCUT2D eigenvalue weighted by molar-refractivity contribution is 0.165. The highest BCUT2D eigenvalue weighted by Gasteiger charge is 2.40. The average Bonchev–Trinajstić information content (AvgIpc) is 2.85. The second-order valence-electron chi connectivity index (χ2n) is 9.26. The molecular formula is C28H32FN3. The van der Waals surface area contributed by atoms with Crippen molar-refractivity contribution in [1.82, 2.24) is 10.2 Å². The Bertz CT molecular complexity index is 1030. The zero-order chi connectivity index (χ0) is 22.0. The van der Waals surface area contributed by atoms with Crippen molar-refractivity contribution in [2.75, 3.05) is 37.6 Å². The summed E-state index contributed by atoms with van der Waals surface area (Å²) < 4.78 is 13.3. The maximum atomic E-state index is 13.3. The Morgan fingerprint density at radius 3 is 2.31 bits per heavy atom. The molecule has 2 atom stereocenters. The summed E-state index contributed by atoms with van der Waals surface area (Å²) in [6.07, 6.45) is 1.08. The van der Waals surface area contributed by atoms with Crippen LogP contribution in [0.2, 0.25) is 0 Å². The third kappa shape index (κ3) is 4.05. The first-order valence-corrected chi connectivity index (χ1v) is 11.7. The summed E-state index contributed by atoms with van der Waals surface area (Å²) in [5, 5.41) is 3.71. The molecule has 0 aliphatic carbocycles. The summed E-state index contributed by atoms with van der Waals surface area (Å²) >= 11 is 0. The topological polar surface area (TPSA) is 18.5 Å². The molecule has 2 aliphatic rings. The molecule has 3 aromatic carbocycles. The van der Waals surface area contributed by atoms with E-state index in [-0.39, 0.29) is 11.2 Å². The number of hydrogen-bond donors (Lipinski definition) is 1. The Balaban J connectivity index is 1.36. The summed E-state index contributed by atoms with van der Waals surface area (Å²) in [6.45, 7) is 8.29. The molecule has 1 saturated heterocycles. The molecule has 1 N–H and O–H groups in total. The molecule has 2 aliphatic heterocycles. The van der Waals surface area contributed by atoms with Crippen LogP contribution in [0.5, 0.6) is 0 Å². The molecule has 166 valence electrons. The first-order chi connectivity index (χ1) is 15.7. The van der Waals surface area contributed by atoms with Crippen LogP contribution in [0.1, 0.15) is 30.0 Å². The fraction of sp³-hybridized carbons (Fsp3) is 0.357. The SMILES string of the molecule is CC(CC1(c2ccccc2)CNCc2ccccc21)N1CCN(c2ccc(F)cc2)CC1. The molecule has 0 bridgehead atoms. The van der Waals surface area contributed by atoms with Crippen molar-refractivity contribution in [3.8, 4) is 0 Å². The van der Waals surface area contributed by atoms with Gasteiger partial charge in [0.05, 0.1) is 0 Å². The standard InChI is InChI=1S/C28H32FN3/c1-22(31-15-17-32(18-16-31)26-13-11-25(29)12-14-26)19-28(24-8-3-2-4-9-24)21-30-20-23-7-5-6-10-27(23)28/h2-14,22,30H,15-21H2,1H3. The van der Waals surface area contributed by atoms with Gasteiger partial charge in [-0.2, -0.15) is 0 Å². The molecule has 3 aromatic rings. The summed E-state index contributed by atoms with van der Waals surface area (Å²) in [7, 11) is 0. The smallest absolute Gasteiger partial charge is 0.123 e. The van der Waals surface area contributed by atoms with E-state index in [1.807, 2.05) is 12.1 Å². The number of anilines is 1. The lowest BCUT2D eigenvalue weighted by Crippen LogP contribution is -2.53. The molecule has 2 heterocycles. The largest absolute Gasteiger partial charge is 0.369 e. The highest BCUT2D eigenvalue weighted by molar-refractivity contribution is 5.48. The second-order valence-corrected chi connectivity index (χ2v) is 9.26. The molecule has 32 heavy (non-hydrogen) atoms. The van der Waals surface area contributed by atoms with Gasteiger partial charge in [-0.3, -0.25) is 4.90 Å². The van der Waals surface area contributed by atoms with E-state index >= 15 is 0 Å². The molecule has 0 aromatic heterocycles. The number of rotatable bonds is 5. The summed E-state index contributed by atoms with van der Waals surface area (Å²) in [5.74, 6) is -0.173. The van der Waals surface area contributed by atoms with Crippen LogP contribution in [-0.2, 0) is 12.0 Å². The van der Waals surface area contributed by atoms with Crippen molar-refractivity contribution < 1.29 is 4.39 Å². The molecule has 0 spiro atoms. The van der Waals surface area contributed by atoms with Gasteiger partial charge < -0.3 is 10.2 Å². The first-order valence-electron chi connectivity index (χ1n) is 11.7. The van der Waals surface area contributed by atoms with E-state index in [1.165, 1.54) is 16.7 Å². The van der Waals surface area contributed by atoms with Crippen molar-refractivity contribution in [3.05, 3.63) is 101 Å². The average molecular weight is 430 g/mol. The van der Waals surface area contributed by atoms with Crippen LogP contribution >= 0.6 is 0 Å². The van der Waals surface area contributed by atoms with E-state index in [9.17, 15) is 4.39 Å². The number of nitrogens with one attached hydrogen (secondary N) is 1. The lowest BCUT2D eigenvalue weighted by atomic mass is 9.67. The highest BCUT2D eigenvalue weighted by Crippen LogP contribution is 2.41. The first kappa shape index (κ1) is 21.2. The Morgan fingerprint density at radius 1 is 0.875 bits per heavy atom. The van der Waals surface area contributed by atoms with Gasteiger partial charge in [0.2, 0.25) is 0 Å². The molecule has 0 amide bonds. The number of nitrogens with zero attached hydrogens (tertiary/aromatic N) is 2. The second kappa shape index (κ2) is 9.05. The number of fused-ring (bicyclic) bond motifs is 1. The maximum Gasteiger partial charge on any atom is 0.123 e. The third-order valence-corrected chi connectivity index (χ3v) is 7.37. The van der Waals surface area contributed by atoms with Gasteiger partial charge in [-0.1, -0.05) is 54.6 Å². The van der Waals surface area contributed by atoms with E-state index in [2.05, 4.69) is 76.6 Å². The molecule has 4 heteroatoms. The minimum atomic E-state index is -0.173. The van der Waals surface area contributed by atoms with Crippen molar-refractivity contribution in [2.45, 2.75) is 31.3 Å². The van der Waals surface area contributed by atoms with E-state index in [0.29, 0.717) is 6.04 Å². The molecule has 0 saturated carbocycles. The van der Waals surface area contributed by atoms with Crippen LogP contribution in [0.15, 0.2) is 78.9 Å². The summed E-state index contributed by atoms with van der Waals surface area (Å²) in [5.41, 5.74) is 5.38.